The van der Waals surface area contributed by atoms with Crippen LogP contribution in [0.3, 0.4) is 0 Å². The van der Waals surface area contributed by atoms with Gasteiger partial charge in [-0.3, -0.25) is 0 Å². The fraction of sp³-hybridized carbons (Fsp3) is 0.692. The van der Waals surface area contributed by atoms with E-state index in [1.54, 1.807) is 0 Å². The van der Waals surface area contributed by atoms with Crippen molar-refractivity contribution in [1.82, 2.24) is 5.32 Å². The van der Waals surface area contributed by atoms with E-state index in [2.05, 4.69) is 22.8 Å². The molecule has 16 heavy (non-hydrogen) atoms. The summed E-state index contributed by atoms with van der Waals surface area (Å²) < 4.78 is 5.35. The molecule has 0 aromatic carbocycles. The zero-order valence-corrected chi connectivity index (χ0v) is 10.6. The molecule has 2 nitrogen and oxygen atoms in total. The Morgan fingerprint density at radius 3 is 3.00 bits per heavy atom. The second-order valence-corrected chi connectivity index (χ2v) is 5.48. The Balaban J connectivity index is 1.48. The summed E-state index contributed by atoms with van der Waals surface area (Å²) in [6.07, 6.45) is 4.94. The number of rotatable bonds is 6. The normalized spacial score (nSPS) is 17.8. The van der Waals surface area contributed by atoms with Crippen LogP contribution in [-0.4, -0.2) is 26.3 Å². The summed E-state index contributed by atoms with van der Waals surface area (Å²) >= 11 is 1.86. The first-order valence-corrected chi connectivity index (χ1v) is 7.14. The van der Waals surface area contributed by atoms with E-state index in [0.29, 0.717) is 0 Å². The fourth-order valence-corrected chi connectivity index (χ4v) is 2.85. The first-order valence-electron chi connectivity index (χ1n) is 6.26. The average Bonchev–Trinajstić information content (AvgIpc) is 2.83. The summed E-state index contributed by atoms with van der Waals surface area (Å²) in [5, 5.41) is 5.72. The molecule has 1 aliphatic rings. The Kier molecular flexibility index (Phi) is 5.32. The molecule has 0 unspecified atom stereocenters. The van der Waals surface area contributed by atoms with Gasteiger partial charge in [0.2, 0.25) is 0 Å². The van der Waals surface area contributed by atoms with Crippen LogP contribution in [0.15, 0.2) is 17.5 Å². The van der Waals surface area contributed by atoms with Crippen molar-refractivity contribution in [2.24, 2.45) is 5.92 Å². The number of thiophene rings is 1. The van der Waals surface area contributed by atoms with Crippen LogP contribution in [0.4, 0.5) is 0 Å². The molecule has 1 aromatic heterocycles. The second kappa shape index (κ2) is 7.05. The standard InChI is InChI=1S/C13H21NOS/c1(3-13-4-2-10-16-13)7-14-11-12-5-8-15-9-6-12/h2,4,10,12,14H,1,3,5-9,11H2. The number of nitrogens with one attached hydrogen (secondary N) is 1. The highest BCUT2D eigenvalue weighted by Crippen LogP contribution is 2.13. The van der Waals surface area contributed by atoms with Crippen LogP contribution in [0.5, 0.6) is 0 Å². The van der Waals surface area contributed by atoms with Crippen molar-refractivity contribution in [3.8, 4) is 0 Å². The molecule has 0 bridgehead atoms. The molecule has 0 saturated carbocycles. The lowest BCUT2D eigenvalue weighted by molar-refractivity contribution is 0.0663. The van der Waals surface area contributed by atoms with E-state index < -0.39 is 0 Å². The average molecular weight is 239 g/mol. The van der Waals surface area contributed by atoms with Gasteiger partial charge in [0.1, 0.15) is 0 Å². The van der Waals surface area contributed by atoms with Gasteiger partial charge in [-0.05, 0) is 56.1 Å². The van der Waals surface area contributed by atoms with E-state index in [1.165, 1.54) is 37.1 Å². The van der Waals surface area contributed by atoms with Crippen molar-refractivity contribution < 1.29 is 4.74 Å². The van der Waals surface area contributed by atoms with Crippen LogP contribution >= 0.6 is 11.3 Å². The number of hydrogen-bond acceptors (Lipinski definition) is 3. The van der Waals surface area contributed by atoms with Crippen molar-refractivity contribution >= 4 is 11.3 Å². The summed E-state index contributed by atoms with van der Waals surface area (Å²) in [7, 11) is 0. The van der Waals surface area contributed by atoms with Gasteiger partial charge in [0.25, 0.3) is 0 Å². The minimum Gasteiger partial charge on any atom is -0.381 e. The zero-order chi connectivity index (χ0) is 11.1. The van der Waals surface area contributed by atoms with E-state index in [9.17, 15) is 0 Å². The minimum atomic E-state index is 0.843. The van der Waals surface area contributed by atoms with E-state index in [1.807, 2.05) is 11.3 Å². The molecule has 1 saturated heterocycles. The molecular weight excluding hydrogens is 218 g/mol. The van der Waals surface area contributed by atoms with Gasteiger partial charge in [0, 0.05) is 18.1 Å². The molecule has 2 heterocycles. The lowest BCUT2D eigenvalue weighted by atomic mass is 10.0. The Hall–Kier alpha value is -0.380. The van der Waals surface area contributed by atoms with E-state index in [4.69, 9.17) is 4.74 Å². The molecule has 0 atom stereocenters. The van der Waals surface area contributed by atoms with Gasteiger partial charge in [-0.1, -0.05) is 6.07 Å². The van der Waals surface area contributed by atoms with Gasteiger partial charge >= 0.3 is 0 Å². The van der Waals surface area contributed by atoms with Crippen LogP contribution in [0.25, 0.3) is 0 Å². The van der Waals surface area contributed by atoms with Crippen molar-refractivity contribution in [3.05, 3.63) is 22.4 Å². The summed E-state index contributed by atoms with van der Waals surface area (Å²) in [4.78, 5) is 1.51. The number of hydrogen-bond donors (Lipinski definition) is 1. The van der Waals surface area contributed by atoms with Gasteiger partial charge in [0.15, 0.2) is 0 Å². The molecule has 0 aliphatic carbocycles. The van der Waals surface area contributed by atoms with Gasteiger partial charge in [-0.15, -0.1) is 11.3 Å². The maximum Gasteiger partial charge on any atom is 0.0469 e. The lowest BCUT2D eigenvalue weighted by Crippen LogP contribution is -2.28. The molecule has 2 rings (SSSR count). The van der Waals surface area contributed by atoms with Crippen LogP contribution in [-0.2, 0) is 11.2 Å². The molecule has 3 heteroatoms. The van der Waals surface area contributed by atoms with Crippen LogP contribution in [0, 0.1) is 5.92 Å². The minimum absolute atomic E-state index is 0.843. The Morgan fingerprint density at radius 1 is 1.38 bits per heavy atom. The van der Waals surface area contributed by atoms with Crippen molar-refractivity contribution in [3.63, 3.8) is 0 Å². The third-order valence-electron chi connectivity index (χ3n) is 3.13. The van der Waals surface area contributed by atoms with Gasteiger partial charge < -0.3 is 10.1 Å². The second-order valence-electron chi connectivity index (χ2n) is 4.44. The van der Waals surface area contributed by atoms with Crippen LogP contribution < -0.4 is 5.32 Å². The predicted octanol–water partition coefficient (Wildman–Crippen LogP) is 2.70. The summed E-state index contributed by atoms with van der Waals surface area (Å²) in [6.45, 7) is 4.24. The number of ether oxygens (including phenoxy) is 1. The maximum atomic E-state index is 5.35. The highest BCUT2D eigenvalue weighted by atomic mass is 32.1. The van der Waals surface area contributed by atoms with E-state index >= 15 is 0 Å². The smallest absolute Gasteiger partial charge is 0.0469 e. The SMILES string of the molecule is c1csc(CCCNCC2CCOCC2)c1. The highest BCUT2D eigenvalue weighted by Gasteiger charge is 2.12. The van der Waals surface area contributed by atoms with E-state index in [0.717, 1.165) is 25.7 Å². The lowest BCUT2D eigenvalue weighted by Gasteiger charge is -2.22. The molecule has 1 aliphatic heterocycles. The Bertz CT molecular complexity index is 267. The van der Waals surface area contributed by atoms with Crippen LogP contribution in [0.2, 0.25) is 0 Å². The van der Waals surface area contributed by atoms with Gasteiger partial charge in [0.05, 0.1) is 0 Å². The number of aryl methyl sites for hydroxylation is 1. The molecule has 0 spiro atoms. The molecule has 0 radical (unpaired) electrons. The molecular formula is C13H21NOS. The Labute approximate surface area is 102 Å². The van der Waals surface area contributed by atoms with Crippen LogP contribution in [0.1, 0.15) is 24.1 Å². The topological polar surface area (TPSA) is 21.3 Å². The summed E-state index contributed by atoms with van der Waals surface area (Å²) in [5.41, 5.74) is 0. The quantitative estimate of drug-likeness (QED) is 0.771. The van der Waals surface area contributed by atoms with E-state index in [-0.39, 0.29) is 0 Å². The molecule has 1 N–H and O–H groups in total. The zero-order valence-electron chi connectivity index (χ0n) is 9.78. The fourth-order valence-electron chi connectivity index (χ4n) is 2.10. The van der Waals surface area contributed by atoms with Gasteiger partial charge in [-0.25, -0.2) is 0 Å². The summed E-state index contributed by atoms with van der Waals surface area (Å²) in [6, 6.07) is 4.36. The molecule has 90 valence electrons. The van der Waals surface area contributed by atoms with Gasteiger partial charge in [-0.2, -0.15) is 0 Å². The first-order chi connectivity index (χ1) is 7.95. The summed E-state index contributed by atoms with van der Waals surface area (Å²) in [5.74, 6) is 0.843. The maximum absolute atomic E-state index is 5.35. The third-order valence-corrected chi connectivity index (χ3v) is 4.07. The van der Waals surface area contributed by atoms with Crippen molar-refractivity contribution in [1.29, 1.82) is 0 Å². The third kappa shape index (κ3) is 4.24. The Morgan fingerprint density at radius 2 is 2.25 bits per heavy atom. The molecule has 0 amide bonds. The molecule has 1 aromatic rings. The largest absolute Gasteiger partial charge is 0.381 e. The van der Waals surface area contributed by atoms with Crippen molar-refractivity contribution in [2.45, 2.75) is 25.7 Å². The highest BCUT2D eigenvalue weighted by molar-refractivity contribution is 7.09. The van der Waals surface area contributed by atoms with Crippen molar-refractivity contribution in [2.75, 3.05) is 26.3 Å². The first kappa shape index (κ1) is 12.1. The molecule has 1 fully saturated rings. The monoisotopic (exact) mass is 239 g/mol. The predicted molar refractivity (Wildman–Crippen MR) is 69.1 cm³/mol.